The smallest absolute Gasteiger partial charge is 0.337 e. The molecule has 1 saturated heterocycles. The Morgan fingerprint density at radius 3 is 2.80 bits per heavy atom. The van der Waals surface area contributed by atoms with E-state index in [1.165, 1.54) is 6.20 Å². The van der Waals surface area contributed by atoms with E-state index in [2.05, 4.69) is 17.2 Å². The summed E-state index contributed by atoms with van der Waals surface area (Å²) in [4.78, 5) is 15.5. The Kier molecular flexibility index (Phi) is 3.06. The lowest BCUT2D eigenvalue weighted by Crippen LogP contribution is -2.35. The zero-order valence-electron chi connectivity index (χ0n) is 11.2. The maximum atomic E-state index is 11.3. The summed E-state index contributed by atoms with van der Waals surface area (Å²) in [5, 5.41) is 14.1. The Morgan fingerprint density at radius 2 is 2.15 bits per heavy atom. The average Bonchev–Trinajstić information content (AvgIpc) is 2.85. The second-order valence-electron chi connectivity index (χ2n) is 5.36. The number of anilines is 1. The molecule has 20 heavy (non-hydrogen) atoms. The Bertz CT molecular complexity index is 663. The van der Waals surface area contributed by atoms with Gasteiger partial charge in [-0.15, -0.1) is 0 Å². The number of ether oxygens (including phenoxy) is 1. The Balaban J connectivity index is 2.08. The van der Waals surface area contributed by atoms with Gasteiger partial charge in [-0.1, -0.05) is 24.3 Å². The maximum absolute atomic E-state index is 11.3. The molecule has 2 N–H and O–H groups in total. The molecule has 1 aliphatic heterocycles. The van der Waals surface area contributed by atoms with Gasteiger partial charge in [0.25, 0.3) is 0 Å². The largest absolute Gasteiger partial charge is 0.478 e. The molecule has 0 amide bonds. The van der Waals surface area contributed by atoms with Gasteiger partial charge in [0.2, 0.25) is 0 Å². The van der Waals surface area contributed by atoms with Crippen molar-refractivity contribution in [2.24, 2.45) is 0 Å². The van der Waals surface area contributed by atoms with Crippen molar-refractivity contribution >= 4 is 22.6 Å². The van der Waals surface area contributed by atoms with Crippen molar-refractivity contribution in [2.75, 3.05) is 18.5 Å². The number of nitrogens with zero attached hydrogens (tertiary/aromatic N) is 1. The van der Waals surface area contributed by atoms with Gasteiger partial charge in [0, 0.05) is 23.6 Å². The van der Waals surface area contributed by atoms with Gasteiger partial charge in [-0.05, 0) is 13.3 Å². The molecule has 1 atom stereocenters. The molecule has 0 bridgehead atoms. The van der Waals surface area contributed by atoms with Crippen molar-refractivity contribution in [2.45, 2.75) is 18.9 Å². The minimum Gasteiger partial charge on any atom is -0.478 e. The van der Waals surface area contributed by atoms with Crippen LogP contribution in [0.4, 0.5) is 5.82 Å². The highest BCUT2D eigenvalue weighted by molar-refractivity contribution is 6.06. The van der Waals surface area contributed by atoms with E-state index in [4.69, 9.17) is 4.74 Å². The molecule has 1 aliphatic rings. The van der Waals surface area contributed by atoms with Gasteiger partial charge < -0.3 is 15.2 Å². The third-order valence-electron chi connectivity index (χ3n) is 3.66. The highest BCUT2D eigenvalue weighted by atomic mass is 16.5. The zero-order valence-corrected chi connectivity index (χ0v) is 11.2. The fraction of sp³-hybridized carbons (Fsp3) is 0.333. The van der Waals surface area contributed by atoms with Crippen molar-refractivity contribution in [1.29, 1.82) is 0 Å². The van der Waals surface area contributed by atoms with Crippen molar-refractivity contribution in [3.8, 4) is 0 Å². The normalized spacial score (nSPS) is 22.1. The topological polar surface area (TPSA) is 71.5 Å². The predicted octanol–water partition coefficient (Wildman–Crippen LogP) is 2.52. The lowest BCUT2D eigenvalue weighted by atomic mass is 10.0. The molecular weight excluding hydrogens is 256 g/mol. The monoisotopic (exact) mass is 272 g/mol. The average molecular weight is 272 g/mol. The number of pyridine rings is 1. The lowest BCUT2D eigenvalue weighted by Gasteiger charge is -2.25. The van der Waals surface area contributed by atoms with Gasteiger partial charge in [-0.25, -0.2) is 9.78 Å². The Hall–Kier alpha value is -2.14. The van der Waals surface area contributed by atoms with Crippen LogP contribution in [0, 0.1) is 0 Å². The molecule has 0 aliphatic carbocycles. The third-order valence-corrected chi connectivity index (χ3v) is 3.66. The first-order valence-electron chi connectivity index (χ1n) is 6.56. The second-order valence-corrected chi connectivity index (χ2v) is 5.36. The summed E-state index contributed by atoms with van der Waals surface area (Å²) in [6.45, 7) is 3.44. The van der Waals surface area contributed by atoms with E-state index in [1.807, 2.05) is 18.2 Å². The van der Waals surface area contributed by atoms with Crippen LogP contribution in [0.15, 0.2) is 30.5 Å². The van der Waals surface area contributed by atoms with Gasteiger partial charge in [-0.3, -0.25) is 0 Å². The van der Waals surface area contributed by atoms with Gasteiger partial charge in [0.15, 0.2) is 0 Å². The molecular formula is C15H16N2O3. The maximum Gasteiger partial charge on any atom is 0.337 e. The number of aromatic carboxylic acids is 1. The van der Waals surface area contributed by atoms with Gasteiger partial charge >= 0.3 is 5.97 Å². The summed E-state index contributed by atoms with van der Waals surface area (Å²) >= 11 is 0. The minimum absolute atomic E-state index is 0.152. The van der Waals surface area contributed by atoms with E-state index >= 15 is 0 Å². The first kappa shape index (κ1) is 12.9. The highest BCUT2D eigenvalue weighted by Gasteiger charge is 2.30. The number of aromatic nitrogens is 1. The number of hydrogen-bond donors (Lipinski definition) is 2. The number of rotatable bonds is 3. The van der Waals surface area contributed by atoms with Crippen LogP contribution in [-0.2, 0) is 4.74 Å². The summed E-state index contributed by atoms with van der Waals surface area (Å²) in [5.74, 6) is -0.255. The lowest BCUT2D eigenvalue weighted by molar-refractivity contribution is 0.0698. The van der Waals surface area contributed by atoms with E-state index in [-0.39, 0.29) is 11.1 Å². The van der Waals surface area contributed by atoms with E-state index in [0.29, 0.717) is 17.8 Å². The number of carboxylic acids is 1. The second kappa shape index (κ2) is 4.76. The molecule has 0 radical (unpaired) electrons. The number of hydrogen-bond acceptors (Lipinski definition) is 4. The number of fused-ring (bicyclic) bond motifs is 1. The molecule has 0 saturated carbocycles. The van der Waals surface area contributed by atoms with E-state index in [0.717, 1.165) is 18.4 Å². The van der Waals surface area contributed by atoms with Crippen molar-refractivity contribution < 1.29 is 14.6 Å². The van der Waals surface area contributed by atoms with E-state index in [9.17, 15) is 9.90 Å². The molecule has 3 rings (SSSR count). The highest BCUT2D eigenvalue weighted by Crippen LogP contribution is 2.29. The third kappa shape index (κ3) is 2.20. The van der Waals surface area contributed by atoms with Crippen LogP contribution in [0.2, 0.25) is 0 Å². The number of carbonyl (C=O) groups is 1. The zero-order chi connectivity index (χ0) is 14.2. The van der Waals surface area contributed by atoms with Crippen LogP contribution in [0.1, 0.15) is 23.7 Å². The van der Waals surface area contributed by atoms with E-state index in [1.54, 1.807) is 6.07 Å². The summed E-state index contributed by atoms with van der Waals surface area (Å²) in [6.07, 6.45) is 2.32. The van der Waals surface area contributed by atoms with Crippen LogP contribution in [0.5, 0.6) is 0 Å². The number of carboxylic acid groups (broad SMARTS) is 1. The molecule has 2 heterocycles. The molecule has 1 aromatic carbocycles. The predicted molar refractivity (Wildman–Crippen MR) is 76.2 cm³/mol. The van der Waals surface area contributed by atoms with Gasteiger partial charge in [0.05, 0.1) is 17.7 Å². The van der Waals surface area contributed by atoms with Crippen molar-refractivity contribution in [3.05, 3.63) is 36.0 Å². The van der Waals surface area contributed by atoms with Gasteiger partial charge in [-0.2, -0.15) is 0 Å². The Morgan fingerprint density at radius 1 is 1.40 bits per heavy atom. The van der Waals surface area contributed by atoms with Crippen molar-refractivity contribution in [1.82, 2.24) is 4.98 Å². The fourth-order valence-electron chi connectivity index (χ4n) is 2.51. The first-order chi connectivity index (χ1) is 9.59. The number of nitrogens with one attached hydrogen (secondary N) is 1. The molecule has 5 heteroatoms. The van der Waals surface area contributed by atoms with Crippen LogP contribution in [-0.4, -0.2) is 34.8 Å². The molecule has 1 unspecified atom stereocenters. The number of benzene rings is 1. The van der Waals surface area contributed by atoms with Crippen LogP contribution < -0.4 is 5.32 Å². The fourth-order valence-corrected chi connectivity index (χ4v) is 2.51. The summed E-state index contributed by atoms with van der Waals surface area (Å²) in [7, 11) is 0. The standard InChI is InChI=1S/C15H16N2O3/c1-15(6-7-20-9-15)17-13-11-5-3-2-4-10(11)12(8-16-13)14(18)19/h2-5,8H,6-7,9H2,1H3,(H,16,17)(H,18,19). The molecule has 5 nitrogen and oxygen atoms in total. The summed E-state index contributed by atoms with van der Waals surface area (Å²) < 4.78 is 5.42. The molecule has 1 fully saturated rings. The first-order valence-corrected chi connectivity index (χ1v) is 6.56. The van der Waals surface area contributed by atoms with Gasteiger partial charge in [0.1, 0.15) is 5.82 Å². The summed E-state index contributed by atoms with van der Waals surface area (Å²) in [6, 6.07) is 7.41. The minimum atomic E-state index is -0.962. The quantitative estimate of drug-likeness (QED) is 0.898. The Labute approximate surface area is 116 Å². The SMILES string of the molecule is CC1(Nc2ncc(C(=O)O)c3ccccc23)CCOC1. The van der Waals surface area contributed by atoms with Crippen molar-refractivity contribution in [3.63, 3.8) is 0 Å². The molecule has 1 aromatic heterocycles. The van der Waals surface area contributed by atoms with Crippen LogP contribution in [0.3, 0.4) is 0 Å². The van der Waals surface area contributed by atoms with Crippen LogP contribution >= 0.6 is 0 Å². The molecule has 2 aromatic rings. The van der Waals surface area contributed by atoms with Crippen LogP contribution in [0.25, 0.3) is 10.8 Å². The van der Waals surface area contributed by atoms with E-state index < -0.39 is 5.97 Å². The summed E-state index contributed by atoms with van der Waals surface area (Å²) in [5.41, 5.74) is 0.0690. The molecule has 104 valence electrons. The molecule has 0 spiro atoms.